The number of sulfone groups is 1. The summed E-state index contributed by atoms with van der Waals surface area (Å²) in [5.41, 5.74) is 3.92. The lowest BCUT2D eigenvalue weighted by Gasteiger charge is -2.08. The van der Waals surface area contributed by atoms with Crippen LogP contribution in [0.25, 0.3) is 5.69 Å². The summed E-state index contributed by atoms with van der Waals surface area (Å²) in [7, 11) is -3.26. The quantitative estimate of drug-likeness (QED) is 0.636. The Balaban J connectivity index is 1.75. The first-order chi connectivity index (χ1) is 13.7. The van der Waals surface area contributed by atoms with Crippen LogP contribution in [0.4, 0.5) is 5.69 Å². The van der Waals surface area contributed by atoms with Gasteiger partial charge < -0.3 is 5.32 Å². The number of carbonyl (C=O) groups is 1. The summed E-state index contributed by atoms with van der Waals surface area (Å²) >= 11 is 5.95. The molecule has 8 heteroatoms. The second-order valence-electron chi connectivity index (χ2n) is 6.69. The summed E-state index contributed by atoms with van der Waals surface area (Å²) in [6, 6.07) is 13.5. The smallest absolute Gasteiger partial charge is 0.228 e. The summed E-state index contributed by atoms with van der Waals surface area (Å²) in [6.45, 7) is 5.38. The zero-order valence-electron chi connectivity index (χ0n) is 16.4. The minimum Gasteiger partial charge on any atom is -0.326 e. The Hall–Kier alpha value is -2.64. The van der Waals surface area contributed by atoms with E-state index in [0.29, 0.717) is 10.7 Å². The van der Waals surface area contributed by atoms with Gasteiger partial charge in [-0.3, -0.25) is 4.79 Å². The number of amides is 1. The Morgan fingerprint density at radius 3 is 2.28 bits per heavy atom. The van der Waals surface area contributed by atoms with Crippen LogP contribution in [0.5, 0.6) is 0 Å². The van der Waals surface area contributed by atoms with Crippen LogP contribution in [0.2, 0.25) is 5.02 Å². The number of nitrogens with zero attached hydrogens (tertiary/aromatic N) is 2. The molecule has 0 aliphatic heterocycles. The van der Waals surface area contributed by atoms with Crippen LogP contribution < -0.4 is 5.32 Å². The molecule has 0 spiro atoms. The molecular formula is C21H22ClN3O3S. The first kappa shape index (κ1) is 21.1. The predicted molar refractivity (Wildman–Crippen MR) is 115 cm³/mol. The van der Waals surface area contributed by atoms with Crippen LogP contribution >= 0.6 is 11.6 Å². The van der Waals surface area contributed by atoms with Crippen molar-refractivity contribution < 1.29 is 13.2 Å². The molecule has 1 N–H and O–H groups in total. The molecule has 0 aliphatic carbocycles. The first-order valence-electron chi connectivity index (χ1n) is 9.15. The number of hydrogen-bond acceptors (Lipinski definition) is 4. The van der Waals surface area contributed by atoms with Crippen molar-refractivity contribution in [1.29, 1.82) is 0 Å². The van der Waals surface area contributed by atoms with Crippen LogP contribution in [-0.4, -0.2) is 29.9 Å². The molecule has 0 unspecified atom stereocenters. The Kier molecular flexibility index (Phi) is 6.10. The van der Waals surface area contributed by atoms with Crippen molar-refractivity contribution in [3.8, 4) is 5.69 Å². The van der Waals surface area contributed by atoms with Gasteiger partial charge in [0.25, 0.3) is 0 Å². The molecule has 152 valence electrons. The second-order valence-corrected chi connectivity index (χ2v) is 9.41. The lowest BCUT2D eigenvalue weighted by molar-refractivity contribution is -0.115. The third-order valence-electron chi connectivity index (χ3n) is 4.73. The average Bonchev–Trinajstić information content (AvgIpc) is 2.97. The fraction of sp³-hybridized carbons (Fsp3) is 0.238. The van der Waals surface area contributed by atoms with Gasteiger partial charge in [-0.25, -0.2) is 13.1 Å². The number of carbonyl (C=O) groups excluding carboxylic acids is 1. The zero-order chi connectivity index (χ0) is 21.2. The molecule has 1 amide bonds. The molecule has 0 bridgehead atoms. The number of rotatable bonds is 6. The highest BCUT2D eigenvalue weighted by molar-refractivity contribution is 7.91. The molecule has 1 aromatic heterocycles. The SMILES string of the molecule is CCS(=O)(=O)c1ccc(NC(=O)Cc2c(C)nn(-c3ccc(Cl)cc3)c2C)cc1. The predicted octanol–water partition coefficient (Wildman–Crippen LogP) is 4.12. The normalized spacial score (nSPS) is 11.4. The molecule has 0 atom stereocenters. The number of aryl methyl sites for hydroxylation is 1. The first-order valence-corrected chi connectivity index (χ1v) is 11.2. The lowest BCUT2D eigenvalue weighted by atomic mass is 10.1. The van der Waals surface area contributed by atoms with Gasteiger partial charge in [-0.1, -0.05) is 18.5 Å². The summed E-state index contributed by atoms with van der Waals surface area (Å²) in [6.07, 6.45) is 0.167. The molecule has 6 nitrogen and oxygen atoms in total. The van der Waals surface area contributed by atoms with E-state index in [-0.39, 0.29) is 23.0 Å². The number of anilines is 1. The molecule has 0 saturated carbocycles. The summed E-state index contributed by atoms with van der Waals surface area (Å²) in [5.74, 6) is -0.160. The third kappa shape index (κ3) is 4.68. The van der Waals surface area contributed by atoms with Crippen molar-refractivity contribution in [2.24, 2.45) is 0 Å². The zero-order valence-corrected chi connectivity index (χ0v) is 18.0. The van der Waals surface area contributed by atoms with E-state index in [4.69, 9.17) is 11.6 Å². The van der Waals surface area contributed by atoms with Gasteiger partial charge in [0.2, 0.25) is 5.91 Å². The molecule has 0 radical (unpaired) electrons. The van der Waals surface area contributed by atoms with E-state index in [1.54, 1.807) is 35.9 Å². The minimum atomic E-state index is -3.26. The van der Waals surface area contributed by atoms with Crippen molar-refractivity contribution in [2.45, 2.75) is 32.1 Å². The van der Waals surface area contributed by atoms with Crippen molar-refractivity contribution in [1.82, 2.24) is 9.78 Å². The van der Waals surface area contributed by atoms with Crippen LogP contribution in [0.1, 0.15) is 23.9 Å². The fourth-order valence-electron chi connectivity index (χ4n) is 3.04. The van der Waals surface area contributed by atoms with Crippen LogP contribution in [0, 0.1) is 13.8 Å². The van der Waals surface area contributed by atoms with Crippen molar-refractivity contribution in [3.05, 3.63) is 70.5 Å². The van der Waals surface area contributed by atoms with E-state index in [1.807, 2.05) is 26.0 Å². The highest BCUT2D eigenvalue weighted by Crippen LogP contribution is 2.21. The molecule has 3 aromatic rings. The number of hydrogen-bond donors (Lipinski definition) is 1. The number of halogens is 1. The van der Waals surface area contributed by atoms with Gasteiger partial charge in [-0.05, 0) is 62.4 Å². The molecule has 0 saturated heterocycles. The maximum absolute atomic E-state index is 12.5. The fourth-order valence-corrected chi connectivity index (χ4v) is 4.05. The summed E-state index contributed by atoms with van der Waals surface area (Å²) in [4.78, 5) is 12.8. The standard InChI is InChI=1S/C21H22ClN3O3S/c1-4-29(27,28)19-11-7-17(8-12-19)23-21(26)13-20-14(2)24-25(15(20)3)18-9-5-16(22)6-10-18/h5-12H,4,13H2,1-3H3,(H,23,26). The van der Waals surface area contributed by atoms with Gasteiger partial charge in [0.1, 0.15) is 0 Å². The summed E-state index contributed by atoms with van der Waals surface area (Å²) in [5, 5.41) is 8.00. The molecule has 29 heavy (non-hydrogen) atoms. The Bertz CT molecular complexity index is 1140. The largest absolute Gasteiger partial charge is 0.326 e. The topological polar surface area (TPSA) is 81.1 Å². The third-order valence-corrected chi connectivity index (χ3v) is 6.73. The maximum atomic E-state index is 12.5. The van der Waals surface area contributed by atoms with Gasteiger partial charge >= 0.3 is 0 Å². The lowest BCUT2D eigenvalue weighted by Crippen LogP contribution is -2.15. The molecule has 2 aromatic carbocycles. The molecular weight excluding hydrogens is 410 g/mol. The average molecular weight is 432 g/mol. The Morgan fingerprint density at radius 1 is 1.07 bits per heavy atom. The maximum Gasteiger partial charge on any atom is 0.228 e. The number of nitrogens with one attached hydrogen (secondary N) is 1. The van der Waals surface area contributed by atoms with E-state index in [0.717, 1.165) is 22.6 Å². The van der Waals surface area contributed by atoms with Gasteiger partial charge in [0.15, 0.2) is 9.84 Å². The highest BCUT2D eigenvalue weighted by Gasteiger charge is 2.17. The van der Waals surface area contributed by atoms with Crippen molar-refractivity contribution >= 4 is 33.0 Å². The number of benzene rings is 2. The Labute approximate surface area is 175 Å². The van der Waals surface area contributed by atoms with Crippen molar-refractivity contribution in [2.75, 3.05) is 11.1 Å². The van der Waals surface area contributed by atoms with Gasteiger partial charge in [0, 0.05) is 22.0 Å². The van der Waals surface area contributed by atoms with E-state index in [2.05, 4.69) is 10.4 Å². The molecule has 0 fully saturated rings. The highest BCUT2D eigenvalue weighted by atomic mass is 35.5. The summed E-state index contributed by atoms with van der Waals surface area (Å²) < 4.78 is 25.6. The van der Waals surface area contributed by atoms with Gasteiger partial charge in [0.05, 0.1) is 28.5 Å². The second kappa shape index (κ2) is 8.39. The Morgan fingerprint density at radius 2 is 1.69 bits per heavy atom. The minimum absolute atomic E-state index is 0.0366. The van der Waals surface area contributed by atoms with Crippen molar-refractivity contribution in [3.63, 3.8) is 0 Å². The van der Waals surface area contributed by atoms with Gasteiger partial charge in [-0.15, -0.1) is 0 Å². The van der Waals surface area contributed by atoms with E-state index in [9.17, 15) is 13.2 Å². The number of aromatic nitrogens is 2. The molecule has 3 rings (SSSR count). The van der Waals surface area contributed by atoms with Crippen LogP contribution in [0.15, 0.2) is 53.4 Å². The van der Waals surface area contributed by atoms with Crippen LogP contribution in [0.3, 0.4) is 0 Å². The van der Waals surface area contributed by atoms with Crippen LogP contribution in [-0.2, 0) is 21.1 Å². The molecule has 1 heterocycles. The molecule has 0 aliphatic rings. The van der Waals surface area contributed by atoms with E-state index < -0.39 is 9.84 Å². The van der Waals surface area contributed by atoms with E-state index in [1.165, 1.54) is 12.1 Å². The van der Waals surface area contributed by atoms with E-state index >= 15 is 0 Å². The monoisotopic (exact) mass is 431 g/mol. The van der Waals surface area contributed by atoms with Gasteiger partial charge in [-0.2, -0.15) is 5.10 Å².